The van der Waals surface area contributed by atoms with Gasteiger partial charge in [-0.15, -0.1) is 0 Å². The fourth-order valence-corrected chi connectivity index (χ4v) is 2.64. The van der Waals surface area contributed by atoms with Crippen LogP contribution in [-0.2, 0) is 9.84 Å². The van der Waals surface area contributed by atoms with Crippen molar-refractivity contribution in [2.24, 2.45) is 0 Å². The molecule has 0 atom stereocenters. The van der Waals surface area contributed by atoms with E-state index >= 15 is 0 Å². The third-order valence-electron chi connectivity index (χ3n) is 2.68. The molecule has 0 aliphatic heterocycles. The predicted molar refractivity (Wildman–Crippen MR) is 77.8 cm³/mol. The first-order valence-electron chi connectivity index (χ1n) is 6.09. The number of halogens is 1. The van der Waals surface area contributed by atoms with E-state index in [1.54, 1.807) is 6.92 Å². The Balaban J connectivity index is 2.75. The van der Waals surface area contributed by atoms with E-state index in [1.807, 2.05) is 0 Å². The maximum absolute atomic E-state index is 11.3. The van der Waals surface area contributed by atoms with Gasteiger partial charge >= 0.3 is 0 Å². The highest BCUT2D eigenvalue weighted by atomic mass is 35.5. The van der Waals surface area contributed by atoms with Crippen LogP contribution < -0.4 is 9.47 Å². The van der Waals surface area contributed by atoms with E-state index in [4.69, 9.17) is 21.1 Å². The van der Waals surface area contributed by atoms with Crippen molar-refractivity contribution in [2.45, 2.75) is 13.3 Å². The minimum Gasteiger partial charge on any atom is -0.493 e. The first-order chi connectivity index (χ1) is 9.43. The number of sulfone groups is 1. The summed E-state index contributed by atoms with van der Waals surface area (Å²) in [6.07, 6.45) is 0.965. The van der Waals surface area contributed by atoms with Gasteiger partial charge in [0.1, 0.15) is 9.84 Å². The van der Waals surface area contributed by atoms with Crippen LogP contribution in [0.4, 0.5) is 0 Å². The highest BCUT2D eigenvalue weighted by Gasteiger charge is 2.13. The largest absolute Gasteiger partial charge is 0.493 e. The van der Waals surface area contributed by atoms with Gasteiger partial charge in [0.15, 0.2) is 17.8 Å². The van der Waals surface area contributed by atoms with Crippen molar-refractivity contribution in [2.75, 3.05) is 25.2 Å². The molecule has 0 spiro atoms. The lowest BCUT2D eigenvalue weighted by atomic mass is 10.2. The molecular formula is C13H17ClO5S. The summed E-state index contributed by atoms with van der Waals surface area (Å²) >= 11 is 5.85. The number of hydrogen-bond donors (Lipinski definition) is 0. The van der Waals surface area contributed by atoms with Gasteiger partial charge in [0.05, 0.1) is 25.0 Å². The first-order valence-corrected chi connectivity index (χ1v) is 8.29. The highest BCUT2D eigenvalue weighted by Crippen LogP contribution is 2.33. The number of rotatable bonds is 8. The van der Waals surface area contributed by atoms with Gasteiger partial charge in [-0.1, -0.05) is 18.5 Å². The molecule has 1 rings (SSSR count). The molecule has 0 saturated carbocycles. The molecule has 1 aromatic carbocycles. The van der Waals surface area contributed by atoms with Crippen molar-refractivity contribution in [3.63, 3.8) is 0 Å². The normalized spacial score (nSPS) is 11.2. The summed E-state index contributed by atoms with van der Waals surface area (Å²) in [5, 5.41) is 0.366. The minimum atomic E-state index is -3.01. The van der Waals surface area contributed by atoms with E-state index in [1.165, 1.54) is 19.2 Å². The summed E-state index contributed by atoms with van der Waals surface area (Å²) in [7, 11) is -1.57. The number of hydrogen-bond acceptors (Lipinski definition) is 5. The molecule has 0 bridgehead atoms. The van der Waals surface area contributed by atoms with Gasteiger partial charge in [0.25, 0.3) is 0 Å². The van der Waals surface area contributed by atoms with Crippen LogP contribution in [0.2, 0.25) is 5.02 Å². The lowest BCUT2D eigenvalue weighted by molar-refractivity contribution is 0.111. The van der Waals surface area contributed by atoms with Crippen LogP contribution in [0.3, 0.4) is 0 Å². The van der Waals surface area contributed by atoms with E-state index in [0.717, 1.165) is 0 Å². The maximum atomic E-state index is 11.3. The minimum absolute atomic E-state index is 0.0514. The van der Waals surface area contributed by atoms with Crippen LogP contribution in [0.1, 0.15) is 23.7 Å². The predicted octanol–water partition coefficient (Wildman–Crippen LogP) is 2.36. The van der Waals surface area contributed by atoms with Crippen LogP contribution >= 0.6 is 11.6 Å². The van der Waals surface area contributed by atoms with E-state index in [9.17, 15) is 13.2 Å². The van der Waals surface area contributed by atoms with Gasteiger partial charge in [0, 0.05) is 16.8 Å². The molecule has 0 amide bonds. The van der Waals surface area contributed by atoms with Crippen molar-refractivity contribution in [3.05, 3.63) is 22.7 Å². The van der Waals surface area contributed by atoms with E-state index in [0.29, 0.717) is 23.5 Å². The van der Waals surface area contributed by atoms with Gasteiger partial charge in [-0.25, -0.2) is 8.42 Å². The fraction of sp³-hybridized carbons (Fsp3) is 0.462. The number of methoxy groups -OCH3 is 1. The summed E-state index contributed by atoms with van der Waals surface area (Å²) in [5.74, 6) is 0.783. The number of carbonyl (C=O) groups is 1. The second-order valence-corrected chi connectivity index (χ2v) is 6.99. The summed E-state index contributed by atoms with van der Waals surface area (Å²) < 4.78 is 33.3. The molecule has 20 heavy (non-hydrogen) atoms. The fourth-order valence-electron chi connectivity index (χ4n) is 1.58. The Morgan fingerprint density at radius 3 is 2.60 bits per heavy atom. The molecule has 1 aromatic rings. The van der Waals surface area contributed by atoms with Gasteiger partial charge in [-0.3, -0.25) is 4.79 Å². The van der Waals surface area contributed by atoms with Crippen molar-refractivity contribution in [3.8, 4) is 11.5 Å². The smallest absolute Gasteiger partial charge is 0.171 e. The average Bonchev–Trinajstić information content (AvgIpc) is 2.43. The number of ether oxygens (including phenoxy) is 2. The Kier molecular flexibility index (Phi) is 6.29. The molecule has 5 nitrogen and oxygen atoms in total. The van der Waals surface area contributed by atoms with Crippen LogP contribution in [0.5, 0.6) is 11.5 Å². The second-order valence-electron chi connectivity index (χ2n) is 4.08. The van der Waals surface area contributed by atoms with Gasteiger partial charge in [-0.2, -0.15) is 0 Å². The zero-order chi connectivity index (χ0) is 15.2. The molecule has 0 heterocycles. The molecule has 0 saturated heterocycles. The van der Waals surface area contributed by atoms with Gasteiger partial charge in [0.2, 0.25) is 0 Å². The standard InChI is InChI=1S/C13H17ClO5S/c1-3-20(16,17)6-4-5-19-13-10(9-15)7-11(14)8-12(13)18-2/h7-9H,3-6H2,1-2H3. The Morgan fingerprint density at radius 1 is 1.35 bits per heavy atom. The summed E-state index contributed by atoms with van der Waals surface area (Å²) in [6, 6.07) is 3.00. The number of carbonyl (C=O) groups excluding carboxylic acids is 1. The topological polar surface area (TPSA) is 69.7 Å². The summed E-state index contributed by atoms with van der Waals surface area (Å²) in [4.78, 5) is 11.0. The first kappa shape index (κ1) is 16.8. The van der Waals surface area contributed by atoms with Crippen molar-refractivity contribution in [1.29, 1.82) is 0 Å². The van der Waals surface area contributed by atoms with Crippen LogP contribution in [-0.4, -0.2) is 39.9 Å². The van der Waals surface area contributed by atoms with E-state index < -0.39 is 9.84 Å². The quantitative estimate of drug-likeness (QED) is 0.543. The van der Waals surface area contributed by atoms with E-state index in [2.05, 4.69) is 0 Å². The Labute approximate surface area is 123 Å². The third kappa shape index (κ3) is 4.68. The zero-order valence-electron chi connectivity index (χ0n) is 11.4. The van der Waals surface area contributed by atoms with Crippen molar-refractivity contribution >= 4 is 27.7 Å². The molecular weight excluding hydrogens is 304 g/mol. The van der Waals surface area contributed by atoms with Crippen LogP contribution in [0.15, 0.2) is 12.1 Å². The second kappa shape index (κ2) is 7.50. The molecule has 0 unspecified atom stereocenters. The third-order valence-corrected chi connectivity index (χ3v) is 4.69. The summed E-state index contributed by atoms with van der Waals surface area (Å²) in [6.45, 7) is 1.78. The highest BCUT2D eigenvalue weighted by molar-refractivity contribution is 7.91. The van der Waals surface area contributed by atoms with Crippen LogP contribution in [0.25, 0.3) is 0 Å². The SMILES string of the molecule is CCS(=O)(=O)CCCOc1c(C=O)cc(Cl)cc1OC. The summed E-state index contributed by atoms with van der Waals surface area (Å²) in [5.41, 5.74) is 0.271. The Morgan fingerprint density at radius 2 is 2.05 bits per heavy atom. The number of aldehydes is 1. The molecule has 0 aliphatic rings. The van der Waals surface area contributed by atoms with Crippen molar-refractivity contribution in [1.82, 2.24) is 0 Å². The van der Waals surface area contributed by atoms with E-state index in [-0.39, 0.29) is 29.4 Å². The van der Waals surface area contributed by atoms with Gasteiger partial charge in [-0.05, 0) is 12.5 Å². The molecule has 112 valence electrons. The molecule has 0 aliphatic carbocycles. The Bertz CT molecular complexity index is 568. The lowest BCUT2D eigenvalue weighted by Crippen LogP contribution is -2.12. The molecule has 0 aromatic heterocycles. The maximum Gasteiger partial charge on any atom is 0.171 e. The molecule has 0 radical (unpaired) electrons. The zero-order valence-corrected chi connectivity index (χ0v) is 13.0. The van der Waals surface area contributed by atoms with Crippen LogP contribution in [0, 0.1) is 0 Å². The molecule has 0 N–H and O–H groups in total. The van der Waals surface area contributed by atoms with Crippen molar-refractivity contribution < 1.29 is 22.7 Å². The lowest BCUT2D eigenvalue weighted by Gasteiger charge is -2.13. The average molecular weight is 321 g/mol. The Hall–Kier alpha value is -1.27. The molecule has 7 heteroatoms. The molecule has 0 fully saturated rings. The van der Waals surface area contributed by atoms with Gasteiger partial charge < -0.3 is 9.47 Å². The monoisotopic (exact) mass is 320 g/mol. The number of benzene rings is 1.